The second-order valence-corrected chi connectivity index (χ2v) is 5.19. The number of rotatable bonds is 6. The molecule has 5 heteroatoms. The molecule has 0 N–H and O–H groups in total. The summed E-state index contributed by atoms with van der Waals surface area (Å²) in [5.74, 6) is 3.49. The predicted octanol–water partition coefficient (Wildman–Crippen LogP) is 3.56. The van der Waals surface area contributed by atoms with Crippen LogP contribution in [-0.2, 0) is 5.75 Å². The smallest absolute Gasteiger partial charge is 0.240 e. The number of alkyl halides is 1. The molecule has 0 aliphatic carbocycles. The first-order valence-electron chi connectivity index (χ1n) is 4.82. The summed E-state index contributed by atoms with van der Waals surface area (Å²) in [4.78, 5) is 4.50. The third-order valence-corrected chi connectivity index (χ3v) is 3.89. The van der Waals surface area contributed by atoms with Gasteiger partial charge in [0, 0.05) is 0 Å². The minimum atomic E-state index is 0.194. The van der Waals surface area contributed by atoms with Crippen LogP contribution in [-0.4, -0.2) is 15.9 Å². The van der Waals surface area contributed by atoms with Gasteiger partial charge in [-0.2, -0.15) is 16.7 Å². The van der Waals surface area contributed by atoms with Gasteiger partial charge < -0.3 is 4.52 Å². The molecule has 1 heterocycles. The van der Waals surface area contributed by atoms with Gasteiger partial charge in [-0.05, 0) is 18.6 Å². The van der Waals surface area contributed by atoms with E-state index in [-0.39, 0.29) is 4.83 Å². The zero-order valence-electron chi connectivity index (χ0n) is 8.49. The van der Waals surface area contributed by atoms with Gasteiger partial charge in [-0.1, -0.05) is 34.9 Å². The first kappa shape index (κ1) is 12.0. The molecule has 1 aromatic heterocycles. The van der Waals surface area contributed by atoms with Crippen LogP contribution in [0, 0.1) is 0 Å². The van der Waals surface area contributed by atoms with E-state index in [2.05, 4.69) is 39.9 Å². The van der Waals surface area contributed by atoms with Crippen molar-refractivity contribution in [3.05, 3.63) is 11.7 Å². The fraction of sp³-hybridized carbons (Fsp3) is 0.778. The largest absolute Gasteiger partial charge is 0.338 e. The van der Waals surface area contributed by atoms with Crippen molar-refractivity contribution in [3.63, 3.8) is 0 Å². The molecule has 1 unspecified atom stereocenters. The Morgan fingerprint density at radius 2 is 2.29 bits per heavy atom. The van der Waals surface area contributed by atoms with Gasteiger partial charge in [0.2, 0.25) is 5.89 Å². The average Bonchev–Trinajstić information content (AvgIpc) is 2.66. The molecule has 80 valence electrons. The minimum Gasteiger partial charge on any atom is -0.338 e. The molecule has 14 heavy (non-hydrogen) atoms. The van der Waals surface area contributed by atoms with E-state index >= 15 is 0 Å². The van der Waals surface area contributed by atoms with Gasteiger partial charge in [-0.3, -0.25) is 0 Å². The summed E-state index contributed by atoms with van der Waals surface area (Å²) in [6.45, 7) is 4.25. The van der Waals surface area contributed by atoms with Crippen LogP contribution >= 0.6 is 27.7 Å². The van der Waals surface area contributed by atoms with E-state index in [1.807, 2.05) is 11.8 Å². The molecule has 0 aromatic carbocycles. The first-order chi connectivity index (χ1) is 6.77. The Morgan fingerprint density at radius 3 is 2.93 bits per heavy atom. The summed E-state index contributed by atoms with van der Waals surface area (Å²) in [7, 11) is 0. The summed E-state index contributed by atoms with van der Waals surface area (Å²) in [6, 6.07) is 0. The topological polar surface area (TPSA) is 38.9 Å². The van der Waals surface area contributed by atoms with Crippen molar-refractivity contribution in [2.24, 2.45) is 0 Å². The van der Waals surface area contributed by atoms with E-state index in [4.69, 9.17) is 4.52 Å². The lowest BCUT2D eigenvalue weighted by molar-refractivity contribution is 0.372. The molecule has 0 bridgehead atoms. The lowest BCUT2D eigenvalue weighted by Crippen LogP contribution is -1.89. The highest BCUT2D eigenvalue weighted by molar-refractivity contribution is 9.09. The van der Waals surface area contributed by atoms with Crippen LogP contribution in [0.2, 0.25) is 0 Å². The Morgan fingerprint density at radius 1 is 1.50 bits per heavy atom. The monoisotopic (exact) mass is 278 g/mol. The molecule has 0 amide bonds. The van der Waals surface area contributed by atoms with Crippen LogP contribution in [0.15, 0.2) is 4.52 Å². The van der Waals surface area contributed by atoms with E-state index in [9.17, 15) is 0 Å². The van der Waals surface area contributed by atoms with Crippen LogP contribution in [0.4, 0.5) is 0 Å². The zero-order valence-corrected chi connectivity index (χ0v) is 10.9. The molecular weight excluding hydrogens is 264 g/mol. The van der Waals surface area contributed by atoms with Crippen molar-refractivity contribution in [2.75, 3.05) is 5.75 Å². The third-order valence-electron chi connectivity index (χ3n) is 1.69. The van der Waals surface area contributed by atoms with Gasteiger partial charge in [-0.15, -0.1) is 0 Å². The Balaban J connectivity index is 2.42. The Labute approximate surface area is 97.2 Å². The molecule has 1 rings (SSSR count). The Hall–Kier alpha value is -0.0300. The predicted molar refractivity (Wildman–Crippen MR) is 62.7 cm³/mol. The summed E-state index contributed by atoms with van der Waals surface area (Å²) < 4.78 is 5.13. The molecule has 0 saturated heterocycles. The van der Waals surface area contributed by atoms with Crippen LogP contribution < -0.4 is 0 Å². The number of thioether (sulfide) groups is 1. The van der Waals surface area contributed by atoms with Crippen molar-refractivity contribution in [3.8, 4) is 0 Å². The fourth-order valence-corrected chi connectivity index (χ4v) is 1.85. The number of hydrogen-bond acceptors (Lipinski definition) is 4. The molecule has 1 atom stereocenters. The van der Waals surface area contributed by atoms with E-state index in [1.54, 1.807) is 0 Å². The van der Waals surface area contributed by atoms with E-state index in [1.165, 1.54) is 6.42 Å². The fourth-order valence-electron chi connectivity index (χ4n) is 0.936. The summed E-state index contributed by atoms with van der Waals surface area (Å²) in [5.41, 5.74) is 0. The van der Waals surface area contributed by atoms with Crippen molar-refractivity contribution < 1.29 is 4.52 Å². The van der Waals surface area contributed by atoms with Crippen molar-refractivity contribution >= 4 is 27.7 Å². The van der Waals surface area contributed by atoms with Crippen molar-refractivity contribution in [1.29, 1.82) is 0 Å². The maximum absolute atomic E-state index is 5.13. The highest BCUT2D eigenvalue weighted by Gasteiger charge is 2.13. The summed E-state index contributed by atoms with van der Waals surface area (Å²) in [6.07, 6.45) is 2.15. The summed E-state index contributed by atoms with van der Waals surface area (Å²) in [5, 5.41) is 3.92. The Kier molecular flexibility index (Phi) is 5.55. The van der Waals surface area contributed by atoms with E-state index < -0.39 is 0 Å². The van der Waals surface area contributed by atoms with Gasteiger partial charge >= 0.3 is 0 Å². The van der Waals surface area contributed by atoms with E-state index in [0.29, 0.717) is 5.89 Å². The number of aromatic nitrogens is 2. The maximum Gasteiger partial charge on any atom is 0.240 e. The van der Waals surface area contributed by atoms with Gasteiger partial charge in [0.05, 0.1) is 10.6 Å². The maximum atomic E-state index is 5.13. The molecule has 0 radical (unpaired) electrons. The number of halogens is 1. The van der Waals surface area contributed by atoms with Crippen LogP contribution in [0.3, 0.4) is 0 Å². The average molecular weight is 279 g/mol. The van der Waals surface area contributed by atoms with Gasteiger partial charge in [-0.25, -0.2) is 0 Å². The minimum absolute atomic E-state index is 0.194. The van der Waals surface area contributed by atoms with Crippen molar-refractivity contribution in [2.45, 2.75) is 37.3 Å². The molecule has 0 spiro atoms. The second-order valence-electron chi connectivity index (χ2n) is 2.98. The lowest BCUT2D eigenvalue weighted by Gasteiger charge is -1.96. The van der Waals surface area contributed by atoms with Crippen molar-refractivity contribution in [1.82, 2.24) is 10.1 Å². The number of hydrogen-bond donors (Lipinski definition) is 0. The van der Waals surface area contributed by atoms with Gasteiger partial charge in [0.25, 0.3) is 0 Å². The second kappa shape index (κ2) is 6.45. The van der Waals surface area contributed by atoms with Crippen LogP contribution in [0.5, 0.6) is 0 Å². The molecular formula is C9H15BrN2OS. The van der Waals surface area contributed by atoms with Gasteiger partial charge in [0.1, 0.15) is 0 Å². The first-order valence-corrected chi connectivity index (χ1v) is 6.89. The normalized spacial score (nSPS) is 13.1. The molecule has 0 aliphatic heterocycles. The molecule has 1 aromatic rings. The van der Waals surface area contributed by atoms with E-state index in [0.717, 1.165) is 23.8 Å². The Bertz CT molecular complexity index is 267. The van der Waals surface area contributed by atoms with Gasteiger partial charge in [0.15, 0.2) is 5.82 Å². The molecule has 0 fully saturated rings. The zero-order chi connectivity index (χ0) is 10.4. The molecule has 0 aliphatic rings. The summed E-state index contributed by atoms with van der Waals surface area (Å²) >= 11 is 5.32. The highest BCUT2D eigenvalue weighted by Crippen LogP contribution is 2.24. The standard InChI is InChI=1S/C9H15BrN2OS/c1-3-5-14-6-8-11-9(13-12-8)7(10)4-2/h7H,3-6H2,1-2H3. The quantitative estimate of drug-likeness (QED) is 0.589. The SMILES string of the molecule is CCCSCc1noc(C(Br)CC)n1. The van der Waals surface area contributed by atoms with Crippen LogP contribution in [0.25, 0.3) is 0 Å². The molecule has 0 saturated carbocycles. The molecule has 3 nitrogen and oxygen atoms in total. The number of nitrogens with zero attached hydrogens (tertiary/aromatic N) is 2. The lowest BCUT2D eigenvalue weighted by atomic mass is 10.3. The third kappa shape index (κ3) is 3.61. The van der Waals surface area contributed by atoms with Crippen LogP contribution in [0.1, 0.15) is 43.2 Å². The highest BCUT2D eigenvalue weighted by atomic mass is 79.9.